The standard InChI is InChI=1S/C14H15BO4/c1-10-3-2-4-13(7-10)19-14-6-5-12(15(17)18)8-11(14)9-16/h2-8,16-18H,9H2,1H3. The van der Waals surface area contributed by atoms with Crippen molar-refractivity contribution in [3.8, 4) is 11.5 Å². The quantitative estimate of drug-likeness (QED) is 0.714. The molecule has 0 aliphatic rings. The van der Waals surface area contributed by atoms with Crippen molar-refractivity contribution in [2.24, 2.45) is 0 Å². The van der Waals surface area contributed by atoms with E-state index in [1.165, 1.54) is 6.07 Å². The van der Waals surface area contributed by atoms with Gasteiger partial charge in [0, 0.05) is 5.56 Å². The summed E-state index contributed by atoms with van der Waals surface area (Å²) in [5.74, 6) is 1.17. The summed E-state index contributed by atoms with van der Waals surface area (Å²) in [6.45, 7) is 1.73. The average molecular weight is 258 g/mol. The number of aryl methyl sites for hydroxylation is 1. The molecule has 0 amide bonds. The van der Waals surface area contributed by atoms with Crippen molar-refractivity contribution in [2.45, 2.75) is 13.5 Å². The molecule has 3 N–H and O–H groups in total. The van der Waals surface area contributed by atoms with Crippen LogP contribution in [0.3, 0.4) is 0 Å². The maximum absolute atomic E-state index is 9.31. The number of hydrogen-bond acceptors (Lipinski definition) is 4. The topological polar surface area (TPSA) is 69.9 Å². The van der Waals surface area contributed by atoms with Gasteiger partial charge in [0.1, 0.15) is 11.5 Å². The third kappa shape index (κ3) is 3.35. The second-order valence-corrected chi connectivity index (χ2v) is 4.32. The molecule has 19 heavy (non-hydrogen) atoms. The van der Waals surface area contributed by atoms with Gasteiger partial charge in [-0.2, -0.15) is 0 Å². The summed E-state index contributed by atoms with van der Waals surface area (Å²) >= 11 is 0. The van der Waals surface area contributed by atoms with Crippen LogP contribution in [0, 0.1) is 6.92 Å². The van der Waals surface area contributed by atoms with Gasteiger partial charge in [0.25, 0.3) is 0 Å². The molecule has 0 aromatic heterocycles. The zero-order valence-electron chi connectivity index (χ0n) is 10.6. The minimum Gasteiger partial charge on any atom is -0.457 e. The fourth-order valence-electron chi connectivity index (χ4n) is 1.79. The van der Waals surface area contributed by atoms with E-state index in [1.54, 1.807) is 12.1 Å². The predicted molar refractivity (Wildman–Crippen MR) is 73.4 cm³/mol. The van der Waals surface area contributed by atoms with Gasteiger partial charge >= 0.3 is 7.12 Å². The van der Waals surface area contributed by atoms with Crippen molar-refractivity contribution in [3.63, 3.8) is 0 Å². The molecule has 0 heterocycles. The highest BCUT2D eigenvalue weighted by molar-refractivity contribution is 6.58. The fourth-order valence-corrected chi connectivity index (χ4v) is 1.79. The first-order chi connectivity index (χ1) is 9.10. The van der Waals surface area contributed by atoms with Gasteiger partial charge < -0.3 is 19.9 Å². The first kappa shape index (κ1) is 13.6. The Morgan fingerprint density at radius 2 is 1.89 bits per heavy atom. The number of aliphatic hydroxyl groups is 1. The van der Waals surface area contributed by atoms with E-state index in [-0.39, 0.29) is 6.61 Å². The van der Waals surface area contributed by atoms with Crippen molar-refractivity contribution in [1.82, 2.24) is 0 Å². The predicted octanol–water partition coefficient (Wildman–Crippen LogP) is 0.959. The summed E-state index contributed by atoms with van der Waals surface area (Å²) in [6.07, 6.45) is 0. The Hall–Kier alpha value is -1.82. The van der Waals surface area contributed by atoms with Gasteiger partial charge in [-0.05, 0) is 36.1 Å². The van der Waals surface area contributed by atoms with Crippen LogP contribution in [0.4, 0.5) is 0 Å². The molecule has 98 valence electrons. The third-order valence-electron chi connectivity index (χ3n) is 2.77. The lowest BCUT2D eigenvalue weighted by Gasteiger charge is -2.11. The highest BCUT2D eigenvalue weighted by atomic mass is 16.5. The summed E-state index contributed by atoms with van der Waals surface area (Å²) in [7, 11) is -1.56. The van der Waals surface area contributed by atoms with Gasteiger partial charge in [-0.3, -0.25) is 0 Å². The zero-order chi connectivity index (χ0) is 13.8. The van der Waals surface area contributed by atoms with E-state index in [4.69, 9.17) is 14.8 Å². The highest BCUT2D eigenvalue weighted by Crippen LogP contribution is 2.25. The summed E-state index contributed by atoms with van der Waals surface area (Å²) in [5.41, 5.74) is 1.90. The summed E-state index contributed by atoms with van der Waals surface area (Å²) in [5, 5.41) is 27.5. The Morgan fingerprint density at radius 3 is 2.53 bits per heavy atom. The zero-order valence-corrected chi connectivity index (χ0v) is 10.6. The van der Waals surface area contributed by atoms with E-state index in [9.17, 15) is 5.11 Å². The molecule has 0 unspecified atom stereocenters. The molecule has 0 saturated heterocycles. The molecule has 0 spiro atoms. The van der Waals surface area contributed by atoms with E-state index >= 15 is 0 Å². The summed E-state index contributed by atoms with van der Waals surface area (Å²) < 4.78 is 5.69. The second-order valence-electron chi connectivity index (χ2n) is 4.32. The Labute approximate surface area is 112 Å². The maximum Gasteiger partial charge on any atom is 0.488 e. The van der Waals surface area contributed by atoms with Crippen molar-refractivity contribution < 1.29 is 19.9 Å². The average Bonchev–Trinajstić information content (AvgIpc) is 2.39. The maximum atomic E-state index is 9.31. The molecular formula is C14H15BO4. The minimum atomic E-state index is -1.56. The normalized spacial score (nSPS) is 10.3. The number of ether oxygens (including phenoxy) is 1. The van der Waals surface area contributed by atoms with Crippen molar-refractivity contribution >= 4 is 12.6 Å². The second kappa shape index (κ2) is 5.88. The Bertz CT molecular complexity index is 569. The van der Waals surface area contributed by atoms with Gasteiger partial charge in [-0.1, -0.05) is 24.3 Å². The van der Waals surface area contributed by atoms with Crippen molar-refractivity contribution in [1.29, 1.82) is 0 Å². The molecule has 4 nitrogen and oxygen atoms in total. The van der Waals surface area contributed by atoms with Crippen LogP contribution in [0.2, 0.25) is 0 Å². The smallest absolute Gasteiger partial charge is 0.457 e. The molecule has 0 aliphatic heterocycles. The molecular weight excluding hydrogens is 243 g/mol. The van der Waals surface area contributed by atoms with E-state index in [1.807, 2.05) is 31.2 Å². The molecule has 0 atom stereocenters. The van der Waals surface area contributed by atoms with Gasteiger partial charge in [-0.15, -0.1) is 0 Å². The van der Waals surface area contributed by atoms with Crippen LogP contribution in [0.15, 0.2) is 42.5 Å². The molecule has 2 aromatic carbocycles. The van der Waals surface area contributed by atoms with E-state index < -0.39 is 7.12 Å². The van der Waals surface area contributed by atoms with Crippen molar-refractivity contribution in [3.05, 3.63) is 53.6 Å². The summed E-state index contributed by atoms with van der Waals surface area (Å²) in [4.78, 5) is 0. The Kier molecular flexibility index (Phi) is 4.22. The fraction of sp³-hybridized carbons (Fsp3) is 0.143. The van der Waals surface area contributed by atoms with Crippen LogP contribution in [0.5, 0.6) is 11.5 Å². The van der Waals surface area contributed by atoms with Crippen LogP contribution < -0.4 is 10.2 Å². The summed E-state index contributed by atoms with van der Waals surface area (Å²) in [6, 6.07) is 12.2. The largest absolute Gasteiger partial charge is 0.488 e. The molecule has 5 heteroatoms. The molecule has 0 fully saturated rings. The molecule has 2 rings (SSSR count). The number of aliphatic hydroxyl groups excluding tert-OH is 1. The Morgan fingerprint density at radius 1 is 1.11 bits per heavy atom. The monoisotopic (exact) mass is 258 g/mol. The van der Waals surface area contributed by atoms with Crippen LogP contribution in [0.25, 0.3) is 0 Å². The molecule has 0 radical (unpaired) electrons. The highest BCUT2D eigenvalue weighted by Gasteiger charge is 2.14. The lowest BCUT2D eigenvalue weighted by atomic mass is 9.79. The van der Waals surface area contributed by atoms with Gasteiger partial charge in [-0.25, -0.2) is 0 Å². The SMILES string of the molecule is Cc1cccc(Oc2ccc(B(O)O)cc2CO)c1. The lowest BCUT2D eigenvalue weighted by molar-refractivity contribution is 0.276. The number of hydrogen-bond donors (Lipinski definition) is 3. The minimum absolute atomic E-state index is 0.234. The van der Waals surface area contributed by atoms with Crippen molar-refractivity contribution in [2.75, 3.05) is 0 Å². The van der Waals surface area contributed by atoms with Crippen LogP contribution >= 0.6 is 0 Å². The van der Waals surface area contributed by atoms with Gasteiger partial charge in [0.05, 0.1) is 6.61 Å². The van der Waals surface area contributed by atoms with E-state index in [2.05, 4.69) is 0 Å². The van der Waals surface area contributed by atoms with Gasteiger partial charge in [0.2, 0.25) is 0 Å². The first-order valence-electron chi connectivity index (χ1n) is 5.94. The molecule has 0 saturated carbocycles. The molecule has 2 aromatic rings. The Balaban J connectivity index is 2.29. The molecule has 0 bridgehead atoms. The van der Waals surface area contributed by atoms with E-state index in [0.29, 0.717) is 22.5 Å². The van der Waals surface area contributed by atoms with E-state index in [0.717, 1.165) is 5.56 Å². The lowest BCUT2D eigenvalue weighted by Crippen LogP contribution is -2.30. The molecule has 0 aliphatic carbocycles. The number of benzene rings is 2. The van der Waals surface area contributed by atoms with Gasteiger partial charge in [0.15, 0.2) is 0 Å². The van der Waals surface area contributed by atoms with Crippen LogP contribution in [-0.4, -0.2) is 22.3 Å². The third-order valence-corrected chi connectivity index (χ3v) is 2.77. The number of rotatable bonds is 4. The van der Waals surface area contributed by atoms with Crippen LogP contribution in [0.1, 0.15) is 11.1 Å². The van der Waals surface area contributed by atoms with Crippen LogP contribution in [-0.2, 0) is 6.61 Å². The first-order valence-corrected chi connectivity index (χ1v) is 5.94.